The van der Waals surface area contributed by atoms with Gasteiger partial charge in [0.15, 0.2) is 12.6 Å². The number of hydrogen-bond acceptors (Lipinski definition) is 13. The van der Waals surface area contributed by atoms with E-state index in [9.17, 15) is 19.2 Å². The SMILES string of the molecule is CCCCCCCCCCCCCCCCNC(=O)C[C@H](NC(=O)CCC(=O)NCC1O[C@H](O[C@@H]2C(COC)O[C@H](OC)C(OC)[C@H]2OC)C(OC)[C@@H](OC)[C@@H]1C)C(=O)NCCCCCCCCCCCCCCCC. The van der Waals surface area contributed by atoms with Gasteiger partial charge >= 0.3 is 0 Å². The third-order valence-corrected chi connectivity index (χ3v) is 15.3. The van der Waals surface area contributed by atoms with Gasteiger partial charge in [-0.1, -0.05) is 188 Å². The van der Waals surface area contributed by atoms with Crippen molar-refractivity contribution in [2.45, 2.75) is 281 Å². The quantitative estimate of drug-likeness (QED) is 0.0420. The molecule has 0 bridgehead atoms. The van der Waals surface area contributed by atoms with Gasteiger partial charge in [-0.3, -0.25) is 19.2 Å². The minimum Gasteiger partial charge on any atom is -0.382 e. The van der Waals surface area contributed by atoms with E-state index < -0.39 is 73.2 Å². The number of unbranched alkanes of at least 4 members (excludes halogenated alkanes) is 26. The zero-order chi connectivity index (χ0) is 55.6. The summed E-state index contributed by atoms with van der Waals surface area (Å²) >= 11 is 0. The normalized spacial score (nSPS) is 24.0. The van der Waals surface area contributed by atoms with Gasteiger partial charge in [0, 0.05) is 81.1 Å². The molecule has 0 spiro atoms. The van der Waals surface area contributed by atoms with Crippen LogP contribution in [0.2, 0.25) is 0 Å². The molecule has 2 saturated heterocycles. The highest BCUT2D eigenvalue weighted by Gasteiger charge is 2.52. The summed E-state index contributed by atoms with van der Waals surface area (Å²) in [6, 6.07) is -1.07. The van der Waals surface area contributed by atoms with Crippen molar-refractivity contribution in [3.05, 3.63) is 0 Å². The average Bonchev–Trinajstić information content (AvgIpc) is 3.42. The van der Waals surface area contributed by atoms with E-state index in [1.807, 2.05) is 6.92 Å². The summed E-state index contributed by atoms with van der Waals surface area (Å²) in [5, 5.41) is 11.6. The topological polar surface area (TPSA) is 199 Å². The Balaban J connectivity index is 1.91. The summed E-state index contributed by atoms with van der Waals surface area (Å²) in [5.41, 5.74) is 0. The molecule has 446 valence electrons. The van der Waals surface area contributed by atoms with Gasteiger partial charge in [-0.2, -0.15) is 0 Å². The Morgan fingerprint density at radius 2 is 0.855 bits per heavy atom. The van der Waals surface area contributed by atoms with Gasteiger partial charge in [-0.15, -0.1) is 0 Å². The number of methoxy groups -OCH3 is 6. The van der Waals surface area contributed by atoms with Crippen LogP contribution in [0.5, 0.6) is 0 Å². The zero-order valence-electron chi connectivity index (χ0n) is 49.4. The van der Waals surface area contributed by atoms with E-state index in [1.165, 1.54) is 148 Å². The number of amides is 4. The molecule has 2 heterocycles. The summed E-state index contributed by atoms with van der Waals surface area (Å²) in [4.78, 5) is 53.5. The first-order valence-corrected chi connectivity index (χ1v) is 30.2. The Morgan fingerprint density at radius 1 is 0.434 bits per heavy atom. The summed E-state index contributed by atoms with van der Waals surface area (Å²) in [6.45, 7) is 7.70. The van der Waals surface area contributed by atoms with Crippen LogP contribution in [0.1, 0.15) is 220 Å². The second-order valence-electron chi connectivity index (χ2n) is 21.5. The molecule has 76 heavy (non-hydrogen) atoms. The van der Waals surface area contributed by atoms with Crippen LogP contribution >= 0.6 is 0 Å². The lowest BCUT2D eigenvalue weighted by atomic mass is 9.89. The molecule has 4 unspecified atom stereocenters. The van der Waals surface area contributed by atoms with Gasteiger partial charge in [0.1, 0.15) is 36.6 Å². The maximum Gasteiger partial charge on any atom is 0.243 e. The second-order valence-corrected chi connectivity index (χ2v) is 21.5. The molecular weight excluding hydrogens is 973 g/mol. The lowest BCUT2D eigenvalue weighted by Crippen LogP contribution is -2.65. The first kappa shape index (κ1) is 69.6. The number of carbonyl (C=O) groups excluding carboxylic acids is 4. The molecule has 2 fully saturated rings. The number of carbonyl (C=O) groups is 4. The van der Waals surface area contributed by atoms with E-state index in [0.717, 1.165) is 38.5 Å². The first-order valence-electron chi connectivity index (χ1n) is 30.2. The summed E-state index contributed by atoms with van der Waals surface area (Å²) in [7, 11) is 9.32. The van der Waals surface area contributed by atoms with Crippen LogP contribution in [0.15, 0.2) is 0 Å². The van der Waals surface area contributed by atoms with Crippen LogP contribution in [-0.2, 0) is 61.8 Å². The zero-order valence-corrected chi connectivity index (χ0v) is 49.4. The minimum absolute atomic E-state index is 0.0877. The second kappa shape index (κ2) is 45.3. The molecular formula is C59H112N4O13. The molecule has 17 nitrogen and oxygen atoms in total. The van der Waals surface area contributed by atoms with Gasteiger partial charge in [0.05, 0.1) is 25.2 Å². The molecule has 2 aliphatic heterocycles. The van der Waals surface area contributed by atoms with E-state index in [-0.39, 0.29) is 50.1 Å². The molecule has 0 aromatic heterocycles. The molecule has 0 radical (unpaired) electrons. The van der Waals surface area contributed by atoms with Gasteiger partial charge in [-0.25, -0.2) is 0 Å². The molecule has 4 N–H and O–H groups in total. The van der Waals surface area contributed by atoms with Crippen LogP contribution in [0.4, 0.5) is 0 Å². The van der Waals surface area contributed by atoms with E-state index in [1.54, 1.807) is 35.5 Å². The maximum absolute atomic E-state index is 13.5. The Bertz CT molecular complexity index is 1470. The molecule has 0 aliphatic carbocycles. The number of rotatable bonds is 48. The molecule has 0 aromatic carbocycles. The first-order chi connectivity index (χ1) is 37.0. The molecule has 17 heteroatoms. The maximum atomic E-state index is 13.5. The predicted molar refractivity (Wildman–Crippen MR) is 299 cm³/mol. The van der Waals surface area contributed by atoms with Crippen LogP contribution in [0.25, 0.3) is 0 Å². The fourth-order valence-electron chi connectivity index (χ4n) is 10.6. The van der Waals surface area contributed by atoms with Crippen molar-refractivity contribution < 1.29 is 61.8 Å². The molecule has 0 saturated carbocycles. The monoisotopic (exact) mass is 1080 g/mol. The summed E-state index contributed by atoms with van der Waals surface area (Å²) in [5.74, 6) is -1.82. The van der Waals surface area contributed by atoms with Crippen LogP contribution in [0, 0.1) is 5.92 Å². The highest BCUT2D eigenvalue weighted by Crippen LogP contribution is 2.35. The highest BCUT2D eigenvalue weighted by atomic mass is 16.8. The number of ether oxygens (including phenoxy) is 9. The van der Waals surface area contributed by atoms with E-state index in [4.69, 9.17) is 42.6 Å². The third-order valence-electron chi connectivity index (χ3n) is 15.3. The number of hydrogen-bond donors (Lipinski definition) is 4. The highest BCUT2D eigenvalue weighted by molar-refractivity contribution is 5.92. The summed E-state index contributed by atoms with van der Waals surface area (Å²) < 4.78 is 53.8. The van der Waals surface area contributed by atoms with Crippen LogP contribution in [-0.4, -0.2) is 154 Å². The standard InChI is InChI=1S/C59H112N4O13/c1-10-12-14-16-18-20-22-24-26-28-30-32-34-36-40-60-51(66)42-46(57(67)61-41-37-35-33-31-29-27-25-23-21-19-17-15-13-11-2)63-50(65)39-38-49(64)62-43-47-45(3)52(69-5)55(71-7)59(74-47)76-53-48(44-68-4)75-58(73-9)56(72-8)54(53)70-6/h45-48,52-56,58-59H,10-44H2,1-9H3,(H,60,66)(H,61,67)(H,62,64)(H,63,65)/t45-,46+,47?,48?,52+,53-,54+,55?,56?,58+,59-/m1/s1. The van der Waals surface area contributed by atoms with Crippen molar-refractivity contribution in [2.24, 2.45) is 5.92 Å². The molecule has 2 aliphatic rings. The Morgan fingerprint density at radius 3 is 1.30 bits per heavy atom. The minimum atomic E-state index is -1.07. The van der Waals surface area contributed by atoms with Gasteiger partial charge < -0.3 is 63.9 Å². The Hall–Kier alpha value is -2.48. The molecule has 11 atom stereocenters. The lowest BCUT2D eigenvalue weighted by Gasteiger charge is -2.49. The van der Waals surface area contributed by atoms with Crippen molar-refractivity contribution in [1.82, 2.24) is 21.3 Å². The third kappa shape index (κ3) is 29.1. The van der Waals surface area contributed by atoms with E-state index >= 15 is 0 Å². The lowest BCUT2D eigenvalue weighted by molar-refractivity contribution is -0.358. The van der Waals surface area contributed by atoms with Crippen molar-refractivity contribution in [2.75, 3.05) is 68.9 Å². The molecule has 0 aromatic rings. The number of nitrogens with one attached hydrogen (secondary N) is 4. The van der Waals surface area contributed by atoms with E-state index in [0.29, 0.717) is 13.1 Å². The smallest absolute Gasteiger partial charge is 0.243 e. The summed E-state index contributed by atoms with van der Waals surface area (Å²) in [6.07, 6.45) is 28.3. The molecule has 4 amide bonds. The van der Waals surface area contributed by atoms with Gasteiger partial charge in [0.25, 0.3) is 0 Å². The van der Waals surface area contributed by atoms with Gasteiger partial charge in [-0.05, 0) is 12.8 Å². The molecule has 2 rings (SSSR count). The average molecular weight is 1090 g/mol. The largest absolute Gasteiger partial charge is 0.382 e. The Labute approximate surface area is 461 Å². The van der Waals surface area contributed by atoms with Crippen LogP contribution < -0.4 is 21.3 Å². The fourth-order valence-corrected chi connectivity index (χ4v) is 10.6. The van der Waals surface area contributed by atoms with Crippen molar-refractivity contribution >= 4 is 23.6 Å². The van der Waals surface area contributed by atoms with E-state index in [2.05, 4.69) is 35.1 Å². The predicted octanol–water partition coefficient (Wildman–Crippen LogP) is 9.78. The Kier molecular flexibility index (Phi) is 41.5. The fraction of sp³-hybridized carbons (Fsp3) is 0.932. The van der Waals surface area contributed by atoms with Crippen molar-refractivity contribution in [1.29, 1.82) is 0 Å². The van der Waals surface area contributed by atoms with Crippen molar-refractivity contribution in [3.8, 4) is 0 Å². The van der Waals surface area contributed by atoms with Gasteiger partial charge in [0.2, 0.25) is 23.6 Å². The van der Waals surface area contributed by atoms with Crippen LogP contribution in [0.3, 0.4) is 0 Å². The van der Waals surface area contributed by atoms with Crippen molar-refractivity contribution in [3.63, 3.8) is 0 Å².